The van der Waals surface area contributed by atoms with Gasteiger partial charge in [-0.3, -0.25) is 13.9 Å². The van der Waals surface area contributed by atoms with Crippen LogP contribution >= 0.6 is 34.5 Å². The van der Waals surface area contributed by atoms with E-state index in [-0.39, 0.29) is 20.6 Å². The van der Waals surface area contributed by atoms with E-state index >= 15 is 0 Å². The molecule has 1 aromatic carbocycles. The average molecular weight is 392 g/mol. The number of thiophene rings is 1. The lowest BCUT2D eigenvalue weighted by Crippen LogP contribution is -2.19. The predicted octanol–water partition coefficient (Wildman–Crippen LogP) is 3.05. The van der Waals surface area contributed by atoms with Crippen molar-refractivity contribution in [2.75, 3.05) is 4.72 Å². The Morgan fingerprint density at radius 2 is 1.70 bits per heavy atom. The second-order valence-electron chi connectivity index (χ2n) is 4.89. The van der Waals surface area contributed by atoms with E-state index in [2.05, 4.69) is 4.72 Å². The van der Waals surface area contributed by atoms with Crippen LogP contribution in [0.3, 0.4) is 0 Å². The maximum Gasteiger partial charge on any atom is 0.328 e. The van der Waals surface area contributed by atoms with Crippen LogP contribution in [0.1, 0.15) is 0 Å². The fourth-order valence-corrected chi connectivity index (χ4v) is 5.05. The fraction of sp³-hybridized carbons (Fsp3) is 0.154. The van der Waals surface area contributed by atoms with Crippen molar-refractivity contribution in [2.24, 2.45) is 14.1 Å². The summed E-state index contributed by atoms with van der Waals surface area (Å²) >= 11 is 12.9. The second-order valence-corrected chi connectivity index (χ2v) is 8.92. The first-order valence-electron chi connectivity index (χ1n) is 6.34. The summed E-state index contributed by atoms with van der Waals surface area (Å²) < 4.78 is 30.5. The van der Waals surface area contributed by atoms with Gasteiger partial charge in [-0.1, -0.05) is 23.2 Å². The molecule has 0 saturated carbocycles. The zero-order valence-corrected chi connectivity index (χ0v) is 15.1. The van der Waals surface area contributed by atoms with E-state index in [1.807, 2.05) is 0 Å². The smallest absolute Gasteiger partial charge is 0.295 e. The molecule has 3 rings (SSSR count). The number of imidazole rings is 1. The van der Waals surface area contributed by atoms with E-state index in [0.29, 0.717) is 15.4 Å². The molecule has 3 aromatic rings. The molecule has 1 N–H and O–H groups in total. The van der Waals surface area contributed by atoms with E-state index in [0.717, 1.165) is 11.3 Å². The molecular weight excluding hydrogens is 381 g/mol. The Labute approximate surface area is 145 Å². The zero-order valence-electron chi connectivity index (χ0n) is 12.0. The Hall–Kier alpha value is -1.48. The molecule has 0 saturated heterocycles. The van der Waals surface area contributed by atoms with Gasteiger partial charge in [-0.25, -0.2) is 13.2 Å². The summed E-state index contributed by atoms with van der Waals surface area (Å²) in [5, 5.41) is 0.199. The second kappa shape index (κ2) is 5.55. The van der Waals surface area contributed by atoms with Gasteiger partial charge in [0.2, 0.25) is 0 Å². The van der Waals surface area contributed by atoms with Gasteiger partial charge in [0.15, 0.2) is 0 Å². The molecule has 0 amide bonds. The number of nitrogens with one attached hydrogen (secondary N) is 1. The number of benzene rings is 1. The number of hydrogen-bond acceptors (Lipinski definition) is 4. The first-order chi connectivity index (χ1) is 10.7. The lowest BCUT2D eigenvalue weighted by Gasteiger charge is -2.09. The normalized spacial score (nSPS) is 12.0. The Morgan fingerprint density at radius 3 is 2.26 bits per heavy atom. The fourth-order valence-electron chi connectivity index (χ4n) is 2.24. The third kappa shape index (κ3) is 2.76. The van der Waals surface area contributed by atoms with E-state index in [1.54, 1.807) is 20.2 Å². The minimum Gasteiger partial charge on any atom is -0.295 e. The number of aromatic nitrogens is 2. The van der Waals surface area contributed by atoms with Gasteiger partial charge >= 0.3 is 5.69 Å². The van der Waals surface area contributed by atoms with Crippen molar-refractivity contribution in [3.05, 3.63) is 44.1 Å². The standard InChI is InChI=1S/C13H11Cl2N3O3S2/c1-17-9-5-7(14)8(6-10(9)18(2)13(17)19)16-23(20,21)12-4-3-11(15)22-12/h3-6,16H,1-2H3. The van der Waals surface area contributed by atoms with Crippen LogP contribution in [-0.4, -0.2) is 17.6 Å². The number of anilines is 1. The number of sulfonamides is 1. The molecule has 10 heteroatoms. The summed E-state index contributed by atoms with van der Waals surface area (Å²) in [5.74, 6) is 0. The predicted molar refractivity (Wildman–Crippen MR) is 93.3 cm³/mol. The SMILES string of the molecule is Cn1c(=O)n(C)c2cc(NS(=O)(=O)c3ccc(Cl)s3)c(Cl)cc21. The summed E-state index contributed by atoms with van der Waals surface area (Å²) in [5.41, 5.74) is 1.17. The third-order valence-corrected chi connectivity index (χ3v) is 6.82. The van der Waals surface area contributed by atoms with Gasteiger partial charge < -0.3 is 0 Å². The summed E-state index contributed by atoms with van der Waals surface area (Å²) in [6.07, 6.45) is 0. The number of rotatable bonds is 3. The summed E-state index contributed by atoms with van der Waals surface area (Å²) in [4.78, 5) is 12.0. The minimum absolute atomic E-state index is 0.0839. The molecule has 0 bridgehead atoms. The molecule has 0 unspecified atom stereocenters. The van der Waals surface area contributed by atoms with Gasteiger partial charge in [-0.05, 0) is 24.3 Å². The largest absolute Gasteiger partial charge is 0.328 e. The van der Waals surface area contributed by atoms with Crippen molar-refractivity contribution in [3.63, 3.8) is 0 Å². The third-order valence-electron chi connectivity index (χ3n) is 3.42. The molecule has 23 heavy (non-hydrogen) atoms. The Bertz CT molecular complexity index is 1080. The van der Waals surface area contributed by atoms with Gasteiger partial charge in [-0.2, -0.15) is 0 Å². The van der Waals surface area contributed by atoms with Gasteiger partial charge in [0.05, 0.1) is 26.1 Å². The van der Waals surface area contributed by atoms with Crippen LogP contribution in [0.4, 0.5) is 5.69 Å². The van der Waals surface area contributed by atoms with Crippen LogP contribution in [-0.2, 0) is 24.1 Å². The highest BCUT2D eigenvalue weighted by Gasteiger charge is 2.20. The number of halogens is 2. The first-order valence-corrected chi connectivity index (χ1v) is 9.39. The van der Waals surface area contributed by atoms with Crippen molar-refractivity contribution < 1.29 is 8.42 Å². The molecule has 0 spiro atoms. The number of hydrogen-bond donors (Lipinski definition) is 1. The minimum atomic E-state index is -3.79. The molecule has 0 aliphatic heterocycles. The van der Waals surface area contributed by atoms with Crippen molar-refractivity contribution >= 4 is 61.3 Å². The molecule has 0 radical (unpaired) electrons. The van der Waals surface area contributed by atoms with Crippen molar-refractivity contribution in [3.8, 4) is 0 Å². The number of nitrogens with zero attached hydrogens (tertiary/aromatic N) is 2. The molecule has 6 nitrogen and oxygen atoms in total. The Balaban J connectivity index is 2.12. The summed E-state index contributed by atoms with van der Waals surface area (Å²) in [6, 6.07) is 6.01. The molecule has 0 atom stereocenters. The Kier molecular flexibility index (Phi) is 3.96. The number of fused-ring (bicyclic) bond motifs is 1. The maximum atomic E-state index is 12.4. The molecule has 0 aliphatic carbocycles. The highest BCUT2D eigenvalue weighted by Crippen LogP contribution is 2.31. The van der Waals surface area contributed by atoms with Crippen molar-refractivity contribution in [2.45, 2.75) is 4.21 Å². The lowest BCUT2D eigenvalue weighted by molar-refractivity contribution is 0.603. The van der Waals surface area contributed by atoms with Crippen LogP contribution < -0.4 is 10.4 Å². The van der Waals surface area contributed by atoms with E-state index < -0.39 is 10.0 Å². The first kappa shape index (κ1) is 16.4. The van der Waals surface area contributed by atoms with Crippen LogP contribution in [0.2, 0.25) is 9.36 Å². The maximum absolute atomic E-state index is 12.4. The monoisotopic (exact) mass is 391 g/mol. The number of aryl methyl sites for hydroxylation is 2. The average Bonchev–Trinajstić information content (AvgIpc) is 3.00. The van der Waals surface area contributed by atoms with Crippen LogP contribution in [0.5, 0.6) is 0 Å². The molecule has 0 fully saturated rings. The molecule has 122 valence electrons. The summed E-state index contributed by atoms with van der Waals surface area (Å²) in [6.45, 7) is 0. The topological polar surface area (TPSA) is 73.1 Å². The van der Waals surface area contributed by atoms with E-state index in [1.165, 1.54) is 27.3 Å². The summed E-state index contributed by atoms with van der Waals surface area (Å²) in [7, 11) is -0.564. The van der Waals surface area contributed by atoms with Crippen LogP contribution in [0.25, 0.3) is 11.0 Å². The van der Waals surface area contributed by atoms with Crippen molar-refractivity contribution in [1.29, 1.82) is 0 Å². The van der Waals surface area contributed by atoms with Gasteiger partial charge in [0.1, 0.15) is 4.21 Å². The highest BCUT2D eigenvalue weighted by molar-refractivity contribution is 7.94. The van der Waals surface area contributed by atoms with Gasteiger partial charge in [0, 0.05) is 14.1 Å². The zero-order chi connectivity index (χ0) is 16.9. The molecular formula is C13H11Cl2N3O3S2. The van der Waals surface area contributed by atoms with E-state index in [4.69, 9.17) is 23.2 Å². The van der Waals surface area contributed by atoms with Crippen molar-refractivity contribution in [1.82, 2.24) is 9.13 Å². The highest BCUT2D eigenvalue weighted by atomic mass is 35.5. The lowest BCUT2D eigenvalue weighted by atomic mass is 10.3. The quantitative estimate of drug-likeness (QED) is 0.745. The van der Waals surface area contributed by atoms with Gasteiger partial charge in [-0.15, -0.1) is 11.3 Å². The Morgan fingerprint density at radius 1 is 1.09 bits per heavy atom. The molecule has 2 aromatic heterocycles. The molecule has 0 aliphatic rings. The van der Waals surface area contributed by atoms with E-state index in [9.17, 15) is 13.2 Å². The van der Waals surface area contributed by atoms with Crippen LogP contribution in [0, 0.1) is 0 Å². The van der Waals surface area contributed by atoms with Gasteiger partial charge in [0.25, 0.3) is 10.0 Å². The molecule has 2 heterocycles. The van der Waals surface area contributed by atoms with Crippen LogP contribution in [0.15, 0.2) is 33.3 Å².